The molecule has 2 aliphatic rings. The van der Waals surface area contributed by atoms with E-state index >= 15 is 0 Å². The monoisotopic (exact) mass is 432 g/mol. The van der Waals surface area contributed by atoms with Crippen LogP contribution < -0.4 is 20.1 Å². The van der Waals surface area contributed by atoms with Crippen LogP contribution in [0, 0.1) is 0 Å². The van der Waals surface area contributed by atoms with Crippen molar-refractivity contribution in [3.8, 4) is 11.5 Å². The smallest absolute Gasteiger partial charge is 0.337 e. The lowest BCUT2D eigenvalue weighted by atomic mass is 10.0. The van der Waals surface area contributed by atoms with Crippen molar-refractivity contribution in [2.75, 3.05) is 53.6 Å². The maximum absolute atomic E-state index is 12.4. The van der Waals surface area contributed by atoms with Crippen LogP contribution in [0.5, 0.6) is 11.5 Å². The van der Waals surface area contributed by atoms with E-state index in [0.717, 1.165) is 49.8 Å². The summed E-state index contributed by atoms with van der Waals surface area (Å²) >= 11 is 0. The number of benzene rings is 1. The SMILES string of the molecule is CCOC(=O)C1=C(CN2CCN(Cc3cc(OC)ccc3OC)CC2)NC(=O)NC1C. The largest absolute Gasteiger partial charge is 0.497 e. The van der Waals surface area contributed by atoms with Gasteiger partial charge in [0.1, 0.15) is 11.5 Å². The molecular formula is C22H32N4O5. The quantitative estimate of drug-likeness (QED) is 0.599. The number of ether oxygens (including phenoxy) is 3. The number of methoxy groups -OCH3 is 2. The molecule has 2 heterocycles. The fraction of sp³-hybridized carbons (Fsp3) is 0.545. The minimum atomic E-state index is -0.388. The molecule has 9 heteroatoms. The van der Waals surface area contributed by atoms with Crippen molar-refractivity contribution in [1.29, 1.82) is 0 Å². The summed E-state index contributed by atoms with van der Waals surface area (Å²) in [7, 11) is 3.33. The average molecular weight is 433 g/mol. The Bertz CT molecular complexity index is 833. The Morgan fingerprint density at radius 1 is 1.10 bits per heavy atom. The minimum absolute atomic E-state index is 0.292. The van der Waals surface area contributed by atoms with E-state index in [1.807, 2.05) is 18.2 Å². The van der Waals surface area contributed by atoms with E-state index in [9.17, 15) is 9.59 Å². The van der Waals surface area contributed by atoms with Gasteiger partial charge in [-0.15, -0.1) is 0 Å². The molecule has 1 saturated heterocycles. The zero-order chi connectivity index (χ0) is 22.4. The van der Waals surface area contributed by atoms with Crippen LogP contribution in [0.25, 0.3) is 0 Å². The van der Waals surface area contributed by atoms with Crippen LogP contribution in [-0.2, 0) is 16.1 Å². The first kappa shape index (κ1) is 22.9. The van der Waals surface area contributed by atoms with Crippen molar-refractivity contribution in [3.05, 3.63) is 35.0 Å². The predicted molar refractivity (Wildman–Crippen MR) is 116 cm³/mol. The van der Waals surface area contributed by atoms with Gasteiger partial charge in [0, 0.05) is 50.5 Å². The van der Waals surface area contributed by atoms with E-state index in [2.05, 4.69) is 20.4 Å². The molecule has 0 aliphatic carbocycles. The van der Waals surface area contributed by atoms with Crippen LogP contribution >= 0.6 is 0 Å². The number of hydrogen-bond acceptors (Lipinski definition) is 7. The Labute approximate surface area is 183 Å². The molecule has 2 N–H and O–H groups in total. The van der Waals surface area contributed by atoms with Crippen molar-refractivity contribution in [2.24, 2.45) is 0 Å². The molecule has 3 rings (SSSR count). The summed E-state index contributed by atoms with van der Waals surface area (Å²) in [6.07, 6.45) is 0. The highest BCUT2D eigenvalue weighted by Crippen LogP contribution is 2.26. The summed E-state index contributed by atoms with van der Waals surface area (Å²) in [5.74, 6) is 1.27. The summed E-state index contributed by atoms with van der Waals surface area (Å²) in [5, 5.41) is 5.54. The third-order valence-electron chi connectivity index (χ3n) is 5.59. The molecule has 0 saturated carbocycles. The summed E-state index contributed by atoms with van der Waals surface area (Å²) in [5.41, 5.74) is 2.20. The van der Waals surface area contributed by atoms with Crippen LogP contribution in [0.3, 0.4) is 0 Å². The first-order valence-electron chi connectivity index (χ1n) is 10.6. The Hall–Kier alpha value is -2.78. The summed E-state index contributed by atoms with van der Waals surface area (Å²) in [6, 6.07) is 5.15. The van der Waals surface area contributed by atoms with Gasteiger partial charge >= 0.3 is 12.0 Å². The number of hydrogen-bond donors (Lipinski definition) is 2. The van der Waals surface area contributed by atoms with Crippen molar-refractivity contribution in [1.82, 2.24) is 20.4 Å². The maximum Gasteiger partial charge on any atom is 0.337 e. The average Bonchev–Trinajstić information content (AvgIpc) is 2.74. The second-order valence-electron chi connectivity index (χ2n) is 7.66. The van der Waals surface area contributed by atoms with Gasteiger partial charge < -0.3 is 24.8 Å². The molecular weight excluding hydrogens is 400 g/mol. The molecule has 2 aliphatic heterocycles. The molecule has 1 unspecified atom stereocenters. The fourth-order valence-electron chi connectivity index (χ4n) is 3.98. The molecule has 2 amide bonds. The summed E-state index contributed by atoms with van der Waals surface area (Å²) in [6.45, 7) is 8.51. The van der Waals surface area contributed by atoms with Gasteiger partial charge in [-0.25, -0.2) is 9.59 Å². The molecule has 0 spiro atoms. The lowest BCUT2D eigenvalue weighted by Crippen LogP contribution is -2.53. The summed E-state index contributed by atoms with van der Waals surface area (Å²) in [4.78, 5) is 29.0. The van der Waals surface area contributed by atoms with E-state index in [1.165, 1.54) is 0 Å². The van der Waals surface area contributed by atoms with Crippen LogP contribution in [0.15, 0.2) is 29.5 Å². The predicted octanol–water partition coefficient (Wildman–Crippen LogP) is 1.34. The van der Waals surface area contributed by atoms with Crippen LogP contribution in [0.4, 0.5) is 4.79 Å². The van der Waals surface area contributed by atoms with E-state index in [-0.39, 0.29) is 18.0 Å². The highest BCUT2D eigenvalue weighted by molar-refractivity contribution is 5.94. The first-order chi connectivity index (χ1) is 14.9. The topological polar surface area (TPSA) is 92.4 Å². The molecule has 170 valence electrons. The lowest BCUT2D eigenvalue weighted by molar-refractivity contribution is -0.139. The van der Waals surface area contributed by atoms with Gasteiger partial charge in [-0.3, -0.25) is 9.80 Å². The van der Waals surface area contributed by atoms with Crippen molar-refractivity contribution >= 4 is 12.0 Å². The Kier molecular flexibility index (Phi) is 7.75. The number of esters is 1. The first-order valence-corrected chi connectivity index (χ1v) is 10.6. The van der Waals surface area contributed by atoms with Gasteiger partial charge in [-0.2, -0.15) is 0 Å². The normalized spacial score (nSPS) is 20.1. The zero-order valence-corrected chi connectivity index (χ0v) is 18.7. The van der Waals surface area contributed by atoms with Crippen molar-refractivity contribution in [3.63, 3.8) is 0 Å². The minimum Gasteiger partial charge on any atom is -0.497 e. The van der Waals surface area contributed by atoms with E-state index in [1.54, 1.807) is 28.1 Å². The molecule has 1 atom stereocenters. The molecule has 0 aromatic heterocycles. The number of urea groups is 1. The van der Waals surface area contributed by atoms with Crippen LogP contribution in [-0.4, -0.2) is 81.4 Å². The van der Waals surface area contributed by atoms with Gasteiger partial charge in [0.2, 0.25) is 0 Å². The van der Waals surface area contributed by atoms with E-state index in [0.29, 0.717) is 24.4 Å². The molecule has 1 aromatic carbocycles. The summed E-state index contributed by atoms with van der Waals surface area (Å²) < 4.78 is 16.0. The molecule has 0 bridgehead atoms. The van der Waals surface area contributed by atoms with Gasteiger partial charge in [0.25, 0.3) is 0 Å². The number of amides is 2. The third kappa shape index (κ3) is 5.68. The van der Waals surface area contributed by atoms with E-state index in [4.69, 9.17) is 14.2 Å². The molecule has 1 aromatic rings. The van der Waals surface area contributed by atoms with Gasteiger partial charge in [-0.05, 0) is 32.0 Å². The fourth-order valence-corrected chi connectivity index (χ4v) is 3.98. The second-order valence-corrected chi connectivity index (χ2v) is 7.66. The number of carbonyl (C=O) groups is 2. The number of rotatable bonds is 8. The maximum atomic E-state index is 12.4. The van der Waals surface area contributed by atoms with Crippen molar-refractivity contribution in [2.45, 2.75) is 26.4 Å². The van der Waals surface area contributed by atoms with E-state index < -0.39 is 0 Å². The standard InChI is InChI=1S/C22H32N4O5/c1-5-31-21(27)20-15(2)23-22(28)24-18(20)14-26-10-8-25(9-11-26)13-16-12-17(29-3)6-7-19(16)30-4/h6-7,12,15H,5,8-11,13-14H2,1-4H3,(H2,23,24,28). The van der Waals surface area contributed by atoms with Gasteiger partial charge in [0.15, 0.2) is 0 Å². The van der Waals surface area contributed by atoms with Gasteiger partial charge in [0.05, 0.1) is 32.4 Å². The number of nitrogens with zero attached hydrogens (tertiary/aromatic N) is 2. The van der Waals surface area contributed by atoms with Gasteiger partial charge in [-0.1, -0.05) is 0 Å². The zero-order valence-electron chi connectivity index (χ0n) is 18.7. The number of nitrogens with one attached hydrogen (secondary N) is 2. The second kappa shape index (κ2) is 10.5. The van der Waals surface area contributed by atoms with Crippen LogP contribution in [0.2, 0.25) is 0 Å². The third-order valence-corrected chi connectivity index (χ3v) is 5.59. The highest BCUT2D eigenvalue weighted by Gasteiger charge is 2.31. The lowest BCUT2D eigenvalue weighted by Gasteiger charge is -2.36. The Morgan fingerprint density at radius 3 is 2.39 bits per heavy atom. The number of piperazine rings is 1. The van der Waals surface area contributed by atoms with Crippen LogP contribution in [0.1, 0.15) is 19.4 Å². The Balaban J connectivity index is 1.63. The molecule has 1 fully saturated rings. The molecule has 0 radical (unpaired) electrons. The molecule has 9 nitrogen and oxygen atoms in total. The molecule has 31 heavy (non-hydrogen) atoms. The number of carbonyl (C=O) groups excluding carboxylic acids is 2. The highest BCUT2D eigenvalue weighted by atomic mass is 16.5. The van der Waals surface area contributed by atoms with Crippen molar-refractivity contribution < 1.29 is 23.8 Å². The Morgan fingerprint density at radius 2 is 1.77 bits per heavy atom.